The van der Waals surface area contributed by atoms with Gasteiger partial charge < -0.3 is 10.2 Å². The molecule has 2 aromatic carbocycles. The molecule has 0 aliphatic carbocycles. The topological polar surface area (TPSA) is 39.1 Å². The van der Waals surface area contributed by atoms with Gasteiger partial charge in [0.1, 0.15) is 0 Å². The molecule has 0 aromatic heterocycles. The van der Waals surface area contributed by atoms with Gasteiger partial charge in [-0.25, -0.2) is 0 Å². The smallest absolute Gasteiger partial charge is 0.0640 e. The average molecular weight is 350 g/mol. The number of benzene rings is 2. The second kappa shape index (κ2) is 9.99. The minimum atomic E-state index is 0.322. The van der Waals surface area contributed by atoms with Gasteiger partial charge in [0.2, 0.25) is 0 Å². The number of hydrogen-bond acceptors (Lipinski definition) is 3. The third kappa shape index (κ3) is 5.34. The van der Waals surface area contributed by atoms with Crippen molar-refractivity contribution in [2.45, 2.75) is 53.1 Å². The number of anilines is 1. The van der Waals surface area contributed by atoms with Crippen molar-refractivity contribution in [3.63, 3.8) is 0 Å². The van der Waals surface area contributed by atoms with E-state index in [1.54, 1.807) is 0 Å². The molecule has 2 aromatic rings. The third-order valence-corrected chi connectivity index (χ3v) is 5.05. The van der Waals surface area contributed by atoms with Crippen LogP contribution in [0.25, 0.3) is 0 Å². The molecule has 0 fully saturated rings. The van der Waals surface area contributed by atoms with E-state index in [0.29, 0.717) is 12.5 Å². The highest BCUT2D eigenvalue weighted by atomic mass is 15.1. The van der Waals surface area contributed by atoms with Crippen molar-refractivity contribution in [3.8, 4) is 6.07 Å². The Kier molecular flexibility index (Phi) is 7.69. The number of aryl methyl sites for hydroxylation is 2. The van der Waals surface area contributed by atoms with E-state index in [2.05, 4.69) is 86.4 Å². The van der Waals surface area contributed by atoms with Gasteiger partial charge in [0.05, 0.1) is 12.5 Å². The largest absolute Gasteiger partial charge is 0.371 e. The van der Waals surface area contributed by atoms with E-state index in [9.17, 15) is 0 Å². The van der Waals surface area contributed by atoms with Crippen LogP contribution in [0.15, 0.2) is 42.5 Å². The van der Waals surface area contributed by atoms with Crippen LogP contribution in [0.5, 0.6) is 0 Å². The van der Waals surface area contributed by atoms with Gasteiger partial charge in [-0.1, -0.05) is 37.3 Å². The molecule has 0 radical (unpaired) electrons. The summed E-state index contributed by atoms with van der Waals surface area (Å²) in [6, 6.07) is 18.0. The Hall–Kier alpha value is -2.31. The van der Waals surface area contributed by atoms with E-state index in [1.165, 1.54) is 27.9 Å². The zero-order valence-electron chi connectivity index (χ0n) is 16.5. The molecule has 1 N–H and O–H groups in total. The van der Waals surface area contributed by atoms with E-state index in [1.807, 2.05) is 0 Å². The molecule has 0 aliphatic heterocycles. The summed E-state index contributed by atoms with van der Waals surface area (Å²) in [5.41, 5.74) is 6.52. The normalized spacial score (nSPS) is 11.8. The quantitative estimate of drug-likeness (QED) is 0.680. The molecule has 0 saturated carbocycles. The maximum absolute atomic E-state index is 8.82. The Labute approximate surface area is 158 Å². The third-order valence-electron chi connectivity index (χ3n) is 5.05. The first kappa shape index (κ1) is 20.0. The van der Waals surface area contributed by atoms with E-state index in [-0.39, 0.29) is 0 Å². The van der Waals surface area contributed by atoms with Gasteiger partial charge in [0.15, 0.2) is 0 Å². The molecule has 0 spiro atoms. The highest BCUT2D eigenvalue weighted by molar-refractivity contribution is 5.51. The van der Waals surface area contributed by atoms with Crippen molar-refractivity contribution in [1.29, 1.82) is 5.26 Å². The molecule has 0 aliphatic rings. The summed E-state index contributed by atoms with van der Waals surface area (Å²) < 4.78 is 0. The van der Waals surface area contributed by atoms with Crippen molar-refractivity contribution in [3.05, 3.63) is 64.7 Å². The molecule has 3 nitrogen and oxygen atoms in total. The van der Waals surface area contributed by atoms with Crippen LogP contribution < -0.4 is 10.2 Å². The summed E-state index contributed by atoms with van der Waals surface area (Å²) in [5.74, 6) is 0. The first-order chi connectivity index (χ1) is 12.6. The lowest BCUT2D eigenvalue weighted by atomic mass is 10.0. The van der Waals surface area contributed by atoms with Crippen molar-refractivity contribution < 1.29 is 0 Å². The van der Waals surface area contributed by atoms with E-state index >= 15 is 0 Å². The zero-order valence-corrected chi connectivity index (χ0v) is 16.5. The van der Waals surface area contributed by atoms with Crippen molar-refractivity contribution in [1.82, 2.24) is 5.32 Å². The van der Waals surface area contributed by atoms with E-state index in [4.69, 9.17) is 5.26 Å². The molecule has 3 heteroatoms. The second-order valence-corrected chi connectivity index (χ2v) is 6.80. The van der Waals surface area contributed by atoms with Gasteiger partial charge in [-0.3, -0.25) is 0 Å². The summed E-state index contributed by atoms with van der Waals surface area (Å²) in [6.45, 7) is 11.3. The number of nitrogens with zero attached hydrogens (tertiary/aromatic N) is 2. The fourth-order valence-corrected chi connectivity index (χ4v) is 3.15. The number of hydrogen-bond donors (Lipinski definition) is 1. The summed E-state index contributed by atoms with van der Waals surface area (Å²) in [6.07, 6.45) is 1.64. The van der Waals surface area contributed by atoms with Crippen molar-refractivity contribution in [2.24, 2.45) is 0 Å². The maximum atomic E-state index is 8.82. The monoisotopic (exact) mass is 349 g/mol. The highest BCUT2D eigenvalue weighted by Gasteiger charge is 2.09. The van der Waals surface area contributed by atoms with Crippen LogP contribution in [0.1, 0.15) is 55.5 Å². The Morgan fingerprint density at radius 2 is 1.85 bits per heavy atom. The molecule has 0 saturated heterocycles. The first-order valence-electron chi connectivity index (χ1n) is 9.62. The number of rotatable bonds is 9. The van der Waals surface area contributed by atoms with Gasteiger partial charge >= 0.3 is 0 Å². The average Bonchev–Trinajstić information content (AvgIpc) is 2.67. The zero-order chi connectivity index (χ0) is 18.9. The molecule has 1 atom stereocenters. The van der Waals surface area contributed by atoms with Crippen molar-refractivity contribution >= 4 is 5.69 Å². The maximum Gasteiger partial charge on any atom is 0.0640 e. The van der Waals surface area contributed by atoms with Crippen molar-refractivity contribution in [2.75, 3.05) is 18.0 Å². The van der Waals surface area contributed by atoms with Gasteiger partial charge in [-0.2, -0.15) is 5.26 Å². The summed E-state index contributed by atoms with van der Waals surface area (Å²) in [4.78, 5) is 2.26. The van der Waals surface area contributed by atoms with Crippen LogP contribution in [0, 0.1) is 18.3 Å². The predicted octanol–water partition coefficient (Wildman–Crippen LogP) is 5.15. The van der Waals surface area contributed by atoms with Gasteiger partial charge in [0.25, 0.3) is 0 Å². The Bertz CT molecular complexity index is 728. The molecular weight excluding hydrogens is 318 g/mol. The van der Waals surface area contributed by atoms with Crippen LogP contribution in [0.2, 0.25) is 0 Å². The van der Waals surface area contributed by atoms with Crippen LogP contribution in [0.4, 0.5) is 5.69 Å². The summed E-state index contributed by atoms with van der Waals surface area (Å²) in [7, 11) is 0. The lowest BCUT2D eigenvalue weighted by Gasteiger charge is -2.23. The molecule has 0 unspecified atom stereocenters. The second-order valence-electron chi connectivity index (χ2n) is 6.80. The molecule has 0 amide bonds. The van der Waals surface area contributed by atoms with E-state index < -0.39 is 0 Å². The Balaban J connectivity index is 1.99. The molecule has 26 heavy (non-hydrogen) atoms. The Morgan fingerprint density at radius 1 is 1.12 bits per heavy atom. The van der Waals surface area contributed by atoms with Gasteiger partial charge in [-0.15, -0.1) is 0 Å². The van der Waals surface area contributed by atoms with Crippen LogP contribution in [-0.2, 0) is 13.0 Å². The van der Waals surface area contributed by atoms with Gasteiger partial charge in [0, 0.05) is 31.4 Å². The molecular formula is C23H31N3. The summed E-state index contributed by atoms with van der Waals surface area (Å²) in [5, 5.41) is 12.5. The fourth-order valence-electron chi connectivity index (χ4n) is 3.15. The minimum Gasteiger partial charge on any atom is -0.371 e. The predicted molar refractivity (Wildman–Crippen MR) is 110 cm³/mol. The molecule has 0 heterocycles. The van der Waals surface area contributed by atoms with Crippen LogP contribution in [-0.4, -0.2) is 13.1 Å². The minimum absolute atomic E-state index is 0.322. The fraction of sp³-hybridized carbons (Fsp3) is 0.435. The van der Waals surface area contributed by atoms with Gasteiger partial charge in [-0.05, 0) is 61.6 Å². The number of nitriles is 1. The lowest BCUT2D eigenvalue weighted by molar-refractivity contribution is 0.573. The standard InChI is InChI=1S/C23H31N3/c1-5-20-8-10-21(11-9-20)19(4)25-17-22-12-13-23(16-18(22)3)26(6-2)15-7-14-24/h8-13,16,19,25H,5-7,15,17H2,1-4H3/t19-/m0/s1. The lowest BCUT2D eigenvalue weighted by Crippen LogP contribution is -2.24. The molecule has 2 rings (SSSR count). The van der Waals surface area contributed by atoms with Crippen LogP contribution >= 0.6 is 0 Å². The van der Waals surface area contributed by atoms with E-state index in [0.717, 1.165) is 26.1 Å². The summed E-state index contributed by atoms with van der Waals surface area (Å²) >= 11 is 0. The molecule has 138 valence electrons. The molecule has 0 bridgehead atoms. The highest BCUT2D eigenvalue weighted by Crippen LogP contribution is 2.21. The Morgan fingerprint density at radius 3 is 2.42 bits per heavy atom. The SMILES string of the molecule is CCc1ccc([C@H](C)NCc2ccc(N(CC)CCC#N)cc2C)cc1. The van der Waals surface area contributed by atoms with Crippen LogP contribution in [0.3, 0.4) is 0 Å². The number of nitrogens with one attached hydrogen (secondary N) is 1. The first-order valence-corrected chi connectivity index (χ1v) is 9.62.